The molecule has 3 N–H and O–H groups in total. The molecule has 0 amide bonds. The van der Waals surface area contributed by atoms with Crippen LogP contribution in [0.3, 0.4) is 0 Å². The van der Waals surface area contributed by atoms with Gasteiger partial charge in [0.1, 0.15) is 0 Å². The first-order valence-corrected chi connectivity index (χ1v) is 4.35. The van der Waals surface area contributed by atoms with Crippen molar-refractivity contribution in [3.8, 4) is 0 Å². The van der Waals surface area contributed by atoms with Crippen molar-refractivity contribution in [1.82, 2.24) is 4.98 Å². The summed E-state index contributed by atoms with van der Waals surface area (Å²) in [5.41, 5.74) is 7.32. The SMILES string of the molecule is Cc1ccc(CC(C)(N)CO)cn1. The largest absolute Gasteiger partial charge is 0.394 e. The molecule has 0 saturated carbocycles. The zero-order valence-corrected chi connectivity index (χ0v) is 8.12. The number of aliphatic hydroxyl groups is 1. The van der Waals surface area contributed by atoms with E-state index < -0.39 is 5.54 Å². The molecule has 1 aromatic heterocycles. The summed E-state index contributed by atoms with van der Waals surface area (Å²) in [6, 6.07) is 3.94. The van der Waals surface area contributed by atoms with Crippen LogP contribution in [0.25, 0.3) is 0 Å². The van der Waals surface area contributed by atoms with Gasteiger partial charge in [0.25, 0.3) is 0 Å². The molecule has 1 rings (SSSR count). The molecule has 1 unspecified atom stereocenters. The summed E-state index contributed by atoms with van der Waals surface area (Å²) in [4.78, 5) is 4.16. The van der Waals surface area contributed by atoms with E-state index in [4.69, 9.17) is 10.8 Å². The van der Waals surface area contributed by atoms with E-state index in [0.717, 1.165) is 11.3 Å². The van der Waals surface area contributed by atoms with Crippen LogP contribution in [0, 0.1) is 6.92 Å². The third-order valence-corrected chi connectivity index (χ3v) is 1.94. The van der Waals surface area contributed by atoms with Crippen LogP contribution in [0.1, 0.15) is 18.2 Å². The summed E-state index contributed by atoms with van der Waals surface area (Å²) in [5, 5.41) is 8.96. The number of rotatable bonds is 3. The molecular formula is C10H16N2O. The summed E-state index contributed by atoms with van der Waals surface area (Å²) < 4.78 is 0. The Kier molecular flexibility index (Phi) is 3.01. The highest BCUT2D eigenvalue weighted by molar-refractivity contribution is 5.15. The highest BCUT2D eigenvalue weighted by Crippen LogP contribution is 2.09. The standard InChI is InChI=1S/C10H16N2O/c1-8-3-4-9(6-12-8)5-10(2,11)7-13/h3-4,6,13H,5,7,11H2,1-2H3. The van der Waals surface area contributed by atoms with Gasteiger partial charge in [0.05, 0.1) is 6.61 Å². The van der Waals surface area contributed by atoms with Crippen molar-refractivity contribution in [1.29, 1.82) is 0 Å². The molecule has 0 aliphatic carbocycles. The van der Waals surface area contributed by atoms with Crippen molar-refractivity contribution < 1.29 is 5.11 Å². The normalized spacial score (nSPS) is 15.4. The second-order valence-electron chi connectivity index (χ2n) is 3.80. The fourth-order valence-electron chi connectivity index (χ4n) is 1.13. The molecular weight excluding hydrogens is 164 g/mol. The third-order valence-electron chi connectivity index (χ3n) is 1.94. The van der Waals surface area contributed by atoms with E-state index in [2.05, 4.69) is 4.98 Å². The van der Waals surface area contributed by atoms with Crippen LogP contribution in [0.15, 0.2) is 18.3 Å². The van der Waals surface area contributed by atoms with Gasteiger partial charge in [-0.25, -0.2) is 0 Å². The second kappa shape index (κ2) is 3.85. The Hall–Kier alpha value is -0.930. The lowest BCUT2D eigenvalue weighted by atomic mass is 9.96. The first-order chi connectivity index (χ1) is 6.03. The Morgan fingerprint density at radius 1 is 1.54 bits per heavy atom. The fourth-order valence-corrected chi connectivity index (χ4v) is 1.13. The molecule has 1 aromatic rings. The topological polar surface area (TPSA) is 59.1 Å². The monoisotopic (exact) mass is 180 g/mol. The molecule has 0 aliphatic heterocycles. The average Bonchev–Trinajstić information content (AvgIpc) is 2.09. The van der Waals surface area contributed by atoms with Crippen molar-refractivity contribution in [3.05, 3.63) is 29.6 Å². The quantitative estimate of drug-likeness (QED) is 0.717. The minimum Gasteiger partial charge on any atom is -0.394 e. The number of hydrogen-bond donors (Lipinski definition) is 2. The van der Waals surface area contributed by atoms with E-state index in [0.29, 0.717) is 6.42 Å². The first kappa shape index (κ1) is 10.2. The van der Waals surface area contributed by atoms with Gasteiger partial charge in [-0.05, 0) is 31.9 Å². The number of hydrogen-bond acceptors (Lipinski definition) is 3. The second-order valence-corrected chi connectivity index (χ2v) is 3.80. The van der Waals surface area contributed by atoms with Gasteiger partial charge < -0.3 is 10.8 Å². The highest BCUT2D eigenvalue weighted by Gasteiger charge is 2.17. The van der Waals surface area contributed by atoms with Gasteiger partial charge in [-0.3, -0.25) is 4.98 Å². The van der Waals surface area contributed by atoms with Crippen molar-refractivity contribution in [2.75, 3.05) is 6.61 Å². The lowest BCUT2D eigenvalue weighted by molar-refractivity contribution is 0.208. The van der Waals surface area contributed by atoms with Crippen LogP contribution >= 0.6 is 0 Å². The predicted molar refractivity (Wildman–Crippen MR) is 52.4 cm³/mol. The molecule has 0 radical (unpaired) electrons. The lowest BCUT2D eigenvalue weighted by Gasteiger charge is -2.21. The highest BCUT2D eigenvalue weighted by atomic mass is 16.3. The van der Waals surface area contributed by atoms with E-state index >= 15 is 0 Å². The molecule has 0 spiro atoms. The Bertz CT molecular complexity index is 267. The van der Waals surface area contributed by atoms with Crippen molar-refractivity contribution in [3.63, 3.8) is 0 Å². The van der Waals surface area contributed by atoms with E-state index in [1.54, 1.807) is 6.20 Å². The lowest BCUT2D eigenvalue weighted by Crippen LogP contribution is -2.42. The van der Waals surface area contributed by atoms with Crippen LogP contribution in [0.4, 0.5) is 0 Å². The molecule has 0 aliphatic rings. The average molecular weight is 180 g/mol. The van der Waals surface area contributed by atoms with Crippen LogP contribution in [-0.2, 0) is 6.42 Å². The van der Waals surface area contributed by atoms with Crippen LogP contribution in [0.2, 0.25) is 0 Å². The van der Waals surface area contributed by atoms with Gasteiger partial charge in [-0.2, -0.15) is 0 Å². The fraction of sp³-hybridized carbons (Fsp3) is 0.500. The third kappa shape index (κ3) is 3.13. The van der Waals surface area contributed by atoms with Crippen LogP contribution in [0.5, 0.6) is 0 Å². The maximum absolute atomic E-state index is 8.96. The molecule has 0 saturated heterocycles. The zero-order chi connectivity index (χ0) is 9.90. The molecule has 13 heavy (non-hydrogen) atoms. The van der Waals surface area contributed by atoms with E-state index in [-0.39, 0.29) is 6.61 Å². The van der Waals surface area contributed by atoms with Crippen LogP contribution in [-0.4, -0.2) is 22.2 Å². The zero-order valence-electron chi connectivity index (χ0n) is 8.12. The number of aromatic nitrogens is 1. The molecule has 3 nitrogen and oxygen atoms in total. The van der Waals surface area contributed by atoms with Gasteiger partial charge in [-0.1, -0.05) is 6.07 Å². The van der Waals surface area contributed by atoms with E-state index in [1.165, 1.54) is 0 Å². The van der Waals surface area contributed by atoms with Gasteiger partial charge >= 0.3 is 0 Å². The van der Waals surface area contributed by atoms with Gasteiger partial charge in [-0.15, -0.1) is 0 Å². The molecule has 0 aromatic carbocycles. The smallest absolute Gasteiger partial charge is 0.0611 e. The predicted octanol–water partition coefficient (Wildman–Crippen LogP) is 0.642. The van der Waals surface area contributed by atoms with Gasteiger partial charge in [0, 0.05) is 17.4 Å². The number of nitrogens with two attached hydrogens (primary N) is 1. The van der Waals surface area contributed by atoms with E-state index in [1.807, 2.05) is 26.0 Å². The number of nitrogens with zero attached hydrogens (tertiary/aromatic N) is 1. The van der Waals surface area contributed by atoms with Crippen molar-refractivity contribution in [2.45, 2.75) is 25.8 Å². The number of aryl methyl sites for hydroxylation is 1. The summed E-state index contributed by atoms with van der Waals surface area (Å²) in [7, 11) is 0. The molecule has 72 valence electrons. The molecule has 0 fully saturated rings. The maximum atomic E-state index is 8.96. The summed E-state index contributed by atoms with van der Waals surface area (Å²) in [6.07, 6.45) is 2.45. The van der Waals surface area contributed by atoms with Crippen molar-refractivity contribution in [2.24, 2.45) is 5.73 Å². The molecule has 3 heteroatoms. The van der Waals surface area contributed by atoms with Gasteiger partial charge in [0.15, 0.2) is 0 Å². The Balaban J connectivity index is 2.69. The maximum Gasteiger partial charge on any atom is 0.0611 e. The van der Waals surface area contributed by atoms with Gasteiger partial charge in [0.2, 0.25) is 0 Å². The minimum absolute atomic E-state index is 0.0130. The molecule has 0 bridgehead atoms. The van der Waals surface area contributed by atoms with Crippen LogP contribution < -0.4 is 5.73 Å². The Morgan fingerprint density at radius 2 is 2.23 bits per heavy atom. The number of aliphatic hydroxyl groups excluding tert-OH is 1. The number of pyridine rings is 1. The molecule has 1 heterocycles. The van der Waals surface area contributed by atoms with E-state index in [9.17, 15) is 0 Å². The Morgan fingerprint density at radius 3 is 2.69 bits per heavy atom. The summed E-state index contributed by atoms with van der Waals surface area (Å²) in [5.74, 6) is 0. The van der Waals surface area contributed by atoms with Crippen molar-refractivity contribution >= 4 is 0 Å². The summed E-state index contributed by atoms with van der Waals surface area (Å²) >= 11 is 0. The summed E-state index contributed by atoms with van der Waals surface area (Å²) in [6.45, 7) is 3.76. The minimum atomic E-state index is -0.545. The molecule has 1 atom stereocenters. The first-order valence-electron chi connectivity index (χ1n) is 4.35. The Labute approximate surface area is 78.6 Å².